The Morgan fingerprint density at radius 2 is 1.60 bits per heavy atom. The van der Waals surface area contributed by atoms with E-state index in [4.69, 9.17) is 13.6 Å². The first kappa shape index (κ1) is 15.1. The van der Waals surface area contributed by atoms with Crippen molar-refractivity contribution in [3.05, 3.63) is 0 Å². The second kappa shape index (κ2) is 8.27. The highest BCUT2D eigenvalue weighted by Crippen LogP contribution is 2.09. The third-order valence-corrected chi connectivity index (χ3v) is 3.91. The van der Waals surface area contributed by atoms with Gasteiger partial charge in [-0.25, -0.2) is 0 Å². The predicted molar refractivity (Wildman–Crippen MR) is 65.3 cm³/mol. The van der Waals surface area contributed by atoms with Gasteiger partial charge in [-0.05, 0) is 31.9 Å². The first-order valence-corrected chi connectivity index (χ1v) is 8.56. The molecule has 0 bridgehead atoms. The fourth-order valence-corrected chi connectivity index (χ4v) is 2.52. The van der Waals surface area contributed by atoms with Gasteiger partial charge < -0.3 is 13.6 Å². The summed E-state index contributed by atoms with van der Waals surface area (Å²) in [6.45, 7) is 10.7. The summed E-state index contributed by atoms with van der Waals surface area (Å²) in [5.41, 5.74) is 0. The highest BCUT2D eigenvalue weighted by molar-refractivity contribution is 6.64. The molecule has 4 heteroatoms. The average Bonchev–Trinajstić information content (AvgIpc) is 2.13. The zero-order valence-electron chi connectivity index (χ0n) is 10.8. The SMILES string of the molecule is COCCO[Si](C)(C)OCCCC(C)C. The quantitative estimate of drug-likeness (QED) is 0.453. The van der Waals surface area contributed by atoms with Crippen LogP contribution < -0.4 is 0 Å². The lowest BCUT2D eigenvalue weighted by Gasteiger charge is -2.22. The minimum absolute atomic E-state index is 0.639. The van der Waals surface area contributed by atoms with Gasteiger partial charge in [-0.2, -0.15) is 0 Å². The van der Waals surface area contributed by atoms with Crippen molar-refractivity contribution < 1.29 is 13.6 Å². The Morgan fingerprint density at radius 3 is 2.13 bits per heavy atom. The third-order valence-electron chi connectivity index (χ3n) is 2.11. The summed E-state index contributed by atoms with van der Waals surface area (Å²) in [6, 6.07) is 0. The van der Waals surface area contributed by atoms with Gasteiger partial charge in [0.25, 0.3) is 0 Å². The van der Waals surface area contributed by atoms with E-state index >= 15 is 0 Å². The Kier molecular flexibility index (Phi) is 8.33. The average molecular weight is 234 g/mol. The first-order chi connectivity index (χ1) is 6.98. The van der Waals surface area contributed by atoms with Crippen molar-refractivity contribution >= 4 is 8.56 Å². The summed E-state index contributed by atoms with van der Waals surface area (Å²) < 4.78 is 16.4. The molecule has 0 aromatic heterocycles. The molecule has 0 N–H and O–H groups in total. The monoisotopic (exact) mass is 234 g/mol. The van der Waals surface area contributed by atoms with Gasteiger partial charge in [-0.1, -0.05) is 13.8 Å². The molecule has 0 aliphatic carbocycles. The Bertz CT molecular complexity index is 149. The molecule has 15 heavy (non-hydrogen) atoms. The molecule has 0 radical (unpaired) electrons. The van der Waals surface area contributed by atoms with Crippen LogP contribution in [0.2, 0.25) is 13.1 Å². The molecule has 0 saturated heterocycles. The van der Waals surface area contributed by atoms with Gasteiger partial charge >= 0.3 is 8.56 Å². The third kappa shape index (κ3) is 10.4. The molecule has 0 heterocycles. The van der Waals surface area contributed by atoms with E-state index < -0.39 is 8.56 Å². The Labute approximate surface area is 95.4 Å². The topological polar surface area (TPSA) is 27.7 Å². The van der Waals surface area contributed by atoms with Crippen molar-refractivity contribution in [2.75, 3.05) is 26.9 Å². The number of ether oxygens (including phenoxy) is 1. The van der Waals surface area contributed by atoms with Crippen LogP contribution in [0.1, 0.15) is 26.7 Å². The number of methoxy groups -OCH3 is 1. The van der Waals surface area contributed by atoms with Crippen LogP contribution in [0.5, 0.6) is 0 Å². The summed E-state index contributed by atoms with van der Waals surface area (Å²) in [6.07, 6.45) is 2.35. The number of hydrogen-bond acceptors (Lipinski definition) is 3. The zero-order valence-corrected chi connectivity index (χ0v) is 11.8. The molecule has 0 amide bonds. The molecule has 92 valence electrons. The molecule has 0 aromatic carbocycles. The predicted octanol–water partition coefficient (Wildman–Crippen LogP) is 2.80. The van der Waals surface area contributed by atoms with E-state index in [1.54, 1.807) is 7.11 Å². The van der Waals surface area contributed by atoms with Crippen LogP contribution in [0, 0.1) is 5.92 Å². The summed E-state index contributed by atoms with van der Waals surface area (Å²) in [5.74, 6) is 0.757. The summed E-state index contributed by atoms with van der Waals surface area (Å²) in [4.78, 5) is 0. The van der Waals surface area contributed by atoms with Gasteiger partial charge in [-0.3, -0.25) is 0 Å². The van der Waals surface area contributed by atoms with Crippen LogP contribution in [0.25, 0.3) is 0 Å². The second-order valence-corrected chi connectivity index (χ2v) is 8.00. The molecule has 0 unspecified atom stereocenters. The van der Waals surface area contributed by atoms with Crippen molar-refractivity contribution in [3.8, 4) is 0 Å². The lowest BCUT2D eigenvalue weighted by molar-refractivity contribution is 0.112. The minimum Gasteiger partial charge on any atom is -0.395 e. The highest BCUT2D eigenvalue weighted by Gasteiger charge is 2.23. The minimum atomic E-state index is -1.89. The van der Waals surface area contributed by atoms with Gasteiger partial charge in [0, 0.05) is 13.7 Å². The lowest BCUT2D eigenvalue weighted by Crippen LogP contribution is -2.36. The summed E-state index contributed by atoms with van der Waals surface area (Å²) in [5, 5.41) is 0. The number of hydrogen-bond donors (Lipinski definition) is 0. The van der Waals surface area contributed by atoms with E-state index in [0.29, 0.717) is 13.2 Å². The van der Waals surface area contributed by atoms with Gasteiger partial charge in [-0.15, -0.1) is 0 Å². The van der Waals surface area contributed by atoms with Crippen LogP contribution in [-0.4, -0.2) is 35.5 Å². The van der Waals surface area contributed by atoms with Crippen LogP contribution in [-0.2, 0) is 13.6 Å². The van der Waals surface area contributed by atoms with E-state index in [2.05, 4.69) is 26.9 Å². The van der Waals surface area contributed by atoms with Crippen molar-refractivity contribution in [1.82, 2.24) is 0 Å². The van der Waals surface area contributed by atoms with Crippen LogP contribution in [0.3, 0.4) is 0 Å². The fraction of sp³-hybridized carbons (Fsp3) is 1.00. The van der Waals surface area contributed by atoms with Crippen molar-refractivity contribution in [1.29, 1.82) is 0 Å². The van der Waals surface area contributed by atoms with E-state index in [9.17, 15) is 0 Å². The molecule has 0 atom stereocenters. The lowest BCUT2D eigenvalue weighted by atomic mass is 10.1. The van der Waals surface area contributed by atoms with Crippen molar-refractivity contribution in [3.63, 3.8) is 0 Å². The molecule has 0 aromatic rings. The molecular formula is C11H26O3Si. The van der Waals surface area contributed by atoms with Crippen molar-refractivity contribution in [2.24, 2.45) is 5.92 Å². The molecule has 0 aliphatic rings. The maximum Gasteiger partial charge on any atom is 0.331 e. The second-order valence-electron chi connectivity index (χ2n) is 4.63. The van der Waals surface area contributed by atoms with Crippen molar-refractivity contribution in [2.45, 2.75) is 39.8 Å². The Balaban J connectivity index is 3.46. The maximum absolute atomic E-state index is 5.79. The molecule has 0 saturated carbocycles. The van der Waals surface area contributed by atoms with Crippen LogP contribution in [0.15, 0.2) is 0 Å². The van der Waals surface area contributed by atoms with Crippen LogP contribution >= 0.6 is 0 Å². The largest absolute Gasteiger partial charge is 0.395 e. The Hall–Kier alpha value is 0.0969. The molecular weight excluding hydrogens is 208 g/mol. The van der Waals surface area contributed by atoms with E-state index in [1.165, 1.54) is 6.42 Å². The summed E-state index contributed by atoms with van der Waals surface area (Å²) in [7, 11) is -0.211. The summed E-state index contributed by atoms with van der Waals surface area (Å²) >= 11 is 0. The molecule has 0 aliphatic heterocycles. The molecule has 0 rings (SSSR count). The van der Waals surface area contributed by atoms with E-state index in [0.717, 1.165) is 18.9 Å². The molecule has 0 fully saturated rings. The first-order valence-electron chi connectivity index (χ1n) is 5.75. The smallest absolute Gasteiger partial charge is 0.331 e. The molecule has 3 nitrogen and oxygen atoms in total. The highest BCUT2D eigenvalue weighted by atomic mass is 28.4. The molecule has 0 spiro atoms. The normalized spacial score (nSPS) is 12.4. The fourth-order valence-electron chi connectivity index (χ4n) is 1.22. The van der Waals surface area contributed by atoms with E-state index in [-0.39, 0.29) is 0 Å². The zero-order chi connectivity index (χ0) is 11.7. The maximum atomic E-state index is 5.79. The van der Waals surface area contributed by atoms with E-state index in [1.807, 2.05) is 0 Å². The standard InChI is InChI=1S/C11H26O3Si/c1-11(2)7-6-8-13-15(4,5)14-10-9-12-3/h11H,6-10H2,1-5H3. The van der Waals surface area contributed by atoms with Gasteiger partial charge in [0.1, 0.15) is 0 Å². The Morgan fingerprint density at radius 1 is 1.00 bits per heavy atom. The van der Waals surface area contributed by atoms with Crippen LogP contribution in [0.4, 0.5) is 0 Å². The van der Waals surface area contributed by atoms with Gasteiger partial charge in [0.05, 0.1) is 13.2 Å². The van der Waals surface area contributed by atoms with Gasteiger partial charge in [0.2, 0.25) is 0 Å². The van der Waals surface area contributed by atoms with Gasteiger partial charge in [0.15, 0.2) is 0 Å². The number of rotatable bonds is 9.